The second-order valence-electron chi connectivity index (χ2n) is 7.96. The topological polar surface area (TPSA) is 96.9 Å². The van der Waals surface area contributed by atoms with Gasteiger partial charge in [-0.2, -0.15) is 0 Å². The van der Waals surface area contributed by atoms with Crippen molar-refractivity contribution in [1.29, 1.82) is 0 Å². The highest BCUT2D eigenvalue weighted by molar-refractivity contribution is 6.05. The highest BCUT2D eigenvalue weighted by atomic mass is 16.5. The SMILES string of the molecule is CC(C)COc1ccc(C(=O)N/C(=C\c2ccc(OC(C)C)cc2)C(=O)NCCO)cc1. The second-order valence-corrected chi connectivity index (χ2v) is 7.96. The van der Waals surface area contributed by atoms with Crippen LogP contribution < -0.4 is 20.1 Å². The van der Waals surface area contributed by atoms with Gasteiger partial charge in [0.05, 0.1) is 19.3 Å². The van der Waals surface area contributed by atoms with Gasteiger partial charge >= 0.3 is 0 Å². The summed E-state index contributed by atoms with van der Waals surface area (Å²) in [5, 5.41) is 14.2. The molecule has 172 valence electrons. The van der Waals surface area contributed by atoms with E-state index in [4.69, 9.17) is 14.6 Å². The number of hydrogen-bond donors (Lipinski definition) is 3. The Bertz CT molecular complexity index is 903. The highest BCUT2D eigenvalue weighted by Crippen LogP contribution is 2.17. The van der Waals surface area contributed by atoms with Crippen LogP contribution in [0.2, 0.25) is 0 Å². The molecule has 0 atom stereocenters. The predicted molar refractivity (Wildman–Crippen MR) is 125 cm³/mol. The van der Waals surface area contributed by atoms with Gasteiger partial charge in [-0.05, 0) is 67.8 Å². The molecule has 0 radical (unpaired) electrons. The van der Waals surface area contributed by atoms with Crippen molar-refractivity contribution in [1.82, 2.24) is 10.6 Å². The van der Waals surface area contributed by atoms with E-state index in [1.165, 1.54) is 0 Å². The summed E-state index contributed by atoms with van der Waals surface area (Å²) in [4.78, 5) is 25.3. The van der Waals surface area contributed by atoms with Gasteiger partial charge < -0.3 is 25.2 Å². The lowest BCUT2D eigenvalue weighted by molar-refractivity contribution is -0.117. The molecule has 0 saturated carbocycles. The first-order valence-electron chi connectivity index (χ1n) is 10.7. The molecule has 0 heterocycles. The summed E-state index contributed by atoms with van der Waals surface area (Å²) in [6.45, 7) is 8.46. The van der Waals surface area contributed by atoms with E-state index in [-0.39, 0.29) is 25.0 Å². The van der Waals surface area contributed by atoms with E-state index in [1.807, 2.05) is 13.8 Å². The fourth-order valence-corrected chi connectivity index (χ4v) is 2.66. The number of aliphatic hydroxyl groups is 1. The van der Waals surface area contributed by atoms with Crippen LogP contribution in [-0.4, -0.2) is 42.8 Å². The molecule has 0 unspecified atom stereocenters. The Morgan fingerprint density at radius 2 is 1.59 bits per heavy atom. The summed E-state index contributed by atoms with van der Waals surface area (Å²) < 4.78 is 11.3. The number of carbonyl (C=O) groups is 2. The predicted octanol–water partition coefficient (Wildman–Crippen LogP) is 3.39. The fraction of sp³-hybridized carbons (Fsp3) is 0.360. The molecular weight excluding hydrogens is 408 g/mol. The maximum absolute atomic E-state index is 12.7. The zero-order chi connectivity index (χ0) is 23.5. The second kappa shape index (κ2) is 12.5. The fourth-order valence-electron chi connectivity index (χ4n) is 2.66. The molecule has 2 rings (SSSR count). The van der Waals surface area contributed by atoms with E-state index < -0.39 is 11.8 Å². The summed E-state index contributed by atoms with van der Waals surface area (Å²) in [5.74, 6) is 0.870. The first kappa shape index (κ1) is 24.9. The Labute approximate surface area is 189 Å². The van der Waals surface area contributed by atoms with Crippen LogP contribution in [0.5, 0.6) is 11.5 Å². The highest BCUT2D eigenvalue weighted by Gasteiger charge is 2.15. The molecule has 0 saturated heterocycles. The molecule has 32 heavy (non-hydrogen) atoms. The molecule has 7 nitrogen and oxygen atoms in total. The van der Waals surface area contributed by atoms with Gasteiger partial charge in [-0.1, -0.05) is 26.0 Å². The normalized spacial score (nSPS) is 11.4. The van der Waals surface area contributed by atoms with Crippen molar-refractivity contribution in [3.63, 3.8) is 0 Å². The Morgan fingerprint density at radius 3 is 2.16 bits per heavy atom. The third-order valence-corrected chi connectivity index (χ3v) is 4.15. The number of carbonyl (C=O) groups excluding carboxylic acids is 2. The van der Waals surface area contributed by atoms with Crippen LogP contribution in [0.3, 0.4) is 0 Å². The number of hydrogen-bond acceptors (Lipinski definition) is 5. The molecule has 3 N–H and O–H groups in total. The van der Waals surface area contributed by atoms with E-state index in [1.54, 1.807) is 54.6 Å². The number of rotatable bonds is 11. The molecule has 2 aromatic rings. The van der Waals surface area contributed by atoms with Gasteiger partial charge in [0.25, 0.3) is 11.8 Å². The quantitative estimate of drug-likeness (QED) is 0.466. The first-order chi connectivity index (χ1) is 15.3. The minimum absolute atomic E-state index is 0.0534. The Balaban J connectivity index is 2.16. The van der Waals surface area contributed by atoms with Gasteiger partial charge in [0.1, 0.15) is 17.2 Å². The molecule has 0 aliphatic heterocycles. The maximum atomic E-state index is 12.7. The van der Waals surface area contributed by atoms with E-state index in [9.17, 15) is 9.59 Å². The van der Waals surface area contributed by atoms with Crippen LogP contribution in [0, 0.1) is 5.92 Å². The third kappa shape index (κ3) is 8.43. The third-order valence-electron chi connectivity index (χ3n) is 4.15. The summed E-state index contributed by atoms with van der Waals surface area (Å²) in [6, 6.07) is 13.9. The monoisotopic (exact) mass is 440 g/mol. The standard InChI is InChI=1S/C25H32N2O5/c1-17(2)16-31-21-11-7-20(8-12-21)24(29)27-23(25(30)26-13-14-28)15-19-5-9-22(10-6-19)32-18(3)4/h5-12,15,17-18,28H,13-14,16H2,1-4H3,(H,26,30)(H,27,29)/b23-15-. The maximum Gasteiger partial charge on any atom is 0.267 e. The number of amides is 2. The van der Waals surface area contributed by atoms with Gasteiger partial charge in [-0.15, -0.1) is 0 Å². The van der Waals surface area contributed by atoms with E-state index in [0.29, 0.717) is 35.2 Å². The van der Waals surface area contributed by atoms with Crippen LogP contribution in [0.4, 0.5) is 0 Å². The van der Waals surface area contributed by atoms with E-state index in [0.717, 1.165) is 0 Å². The average Bonchev–Trinajstić information content (AvgIpc) is 2.76. The van der Waals surface area contributed by atoms with Gasteiger partial charge in [-0.25, -0.2) is 0 Å². The molecule has 0 bridgehead atoms. The van der Waals surface area contributed by atoms with Crippen LogP contribution in [0.25, 0.3) is 6.08 Å². The molecule has 2 aromatic carbocycles. The summed E-state index contributed by atoms with van der Waals surface area (Å²) in [6.07, 6.45) is 1.63. The number of ether oxygens (including phenoxy) is 2. The van der Waals surface area contributed by atoms with Crippen LogP contribution >= 0.6 is 0 Å². The Hall–Kier alpha value is -3.32. The zero-order valence-electron chi connectivity index (χ0n) is 19.1. The van der Waals surface area contributed by atoms with Gasteiger partial charge in [0.15, 0.2) is 0 Å². The Kier molecular flexibility index (Phi) is 9.76. The number of benzene rings is 2. The van der Waals surface area contributed by atoms with Crippen molar-refractivity contribution in [3.8, 4) is 11.5 Å². The van der Waals surface area contributed by atoms with Crippen molar-refractivity contribution in [2.75, 3.05) is 19.8 Å². The summed E-state index contributed by atoms with van der Waals surface area (Å²) >= 11 is 0. The Morgan fingerprint density at radius 1 is 0.969 bits per heavy atom. The van der Waals surface area contributed by atoms with Crippen LogP contribution in [0.15, 0.2) is 54.2 Å². The lowest BCUT2D eigenvalue weighted by Gasteiger charge is -2.12. The number of nitrogens with one attached hydrogen (secondary N) is 2. The smallest absolute Gasteiger partial charge is 0.267 e. The van der Waals surface area contributed by atoms with Crippen molar-refractivity contribution in [2.24, 2.45) is 5.92 Å². The lowest BCUT2D eigenvalue weighted by Crippen LogP contribution is -2.36. The van der Waals surface area contributed by atoms with E-state index in [2.05, 4.69) is 24.5 Å². The zero-order valence-corrected chi connectivity index (χ0v) is 19.1. The molecule has 2 amide bonds. The number of aliphatic hydroxyl groups excluding tert-OH is 1. The van der Waals surface area contributed by atoms with E-state index >= 15 is 0 Å². The molecule has 0 aliphatic carbocycles. The van der Waals surface area contributed by atoms with Crippen molar-refractivity contribution < 1.29 is 24.2 Å². The van der Waals surface area contributed by atoms with Crippen molar-refractivity contribution in [3.05, 3.63) is 65.4 Å². The molecule has 0 aromatic heterocycles. The summed E-state index contributed by atoms with van der Waals surface area (Å²) in [5.41, 5.74) is 1.18. The van der Waals surface area contributed by atoms with Gasteiger partial charge in [0.2, 0.25) is 0 Å². The van der Waals surface area contributed by atoms with Gasteiger partial charge in [0, 0.05) is 12.1 Å². The average molecular weight is 441 g/mol. The van der Waals surface area contributed by atoms with Crippen LogP contribution in [0.1, 0.15) is 43.6 Å². The van der Waals surface area contributed by atoms with Crippen LogP contribution in [-0.2, 0) is 4.79 Å². The lowest BCUT2D eigenvalue weighted by atomic mass is 10.1. The molecule has 0 spiro atoms. The first-order valence-corrected chi connectivity index (χ1v) is 10.7. The van der Waals surface area contributed by atoms with Gasteiger partial charge in [-0.3, -0.25) is 9.59 Å². The molecule has 0 fully saturated rings. The largest absolute Gasteiger partial charge is 0.493 e. The van der Waals surface area contributed by atoms with Crippen molar-refractivity contribution >= 4 is 17.9 Å². The molecular formula is C25H32N2O5. The molecule has 0 aliphatic rings. The summed E-state index contributed by atoms with van der Waals surface area (Å²) in [7, 11) is 0. The minimum Gasteiger partial charge on any atom is -0.493 e. The molecule has 7 heteroatoms. The minimum atomic E-state index is -0.494. The van der Waals surface area contributed by atoms with Crippen molar-refractivity contribution in [2.45, 2.75) is 33.8 Å².